The SMILES string of the molecule is CCn1nc(C)c(Cl)c1CC(N)CSc1ccc(F)cc1. The third-order valence-electron chi connectivity index (χ3n) is 3.19. The first-order chi connectivity index (χ1) is 10.0. The molecule has 0 radical (unpaired) electrons. The minimum atomic E-state index is -0.224. The summed E-state index contributed by atoms with van der Waals surface area (Å²) < 4.78 is 14.7. The topological polar surface area (TPSA) is 43.8 Å². The van der Waals surface area contributed by atoms with Gasteiger partial charge in [-0.3, -0.25) is 4.68 Å². The fourth-order valence-electron chi connectivity index (χ4n) is 2.11. The molecule has 2 aromatic rings. The van der Waals surface area contributed by atoms with E-state index < -0.39 is 0 Å². The van der Waals surface area contributed by atoms with E-state index in [0.29, 0.717) is 11.4 Å². The number of nitrogens with two attached hydrogens (primary N) is 1. The van der Waals surface area contributed by atoms with Crippen molar-refractivity contribution in [2.45, 2.75) is 37.8 Å². The lowest BCUT2D eigenvalue weighted by molar-refractivity contribution is 0.594. The third kappa shape index (κ3) is 4.22. The predicted octanol–water partition coefficient (Wildman–Crippen LogP) is 3.67. The van der Waals surface area contributed by atoms with Crippen molar-refractivity contribution in [2.24, 2.45) is 5.73 Å². The standard InChI is InChI=1S/C15H19ClFN3S/c1-3-20-14(15(16)10(2)19-20)8-12(18)9-21-13-6-4-11(17)5-7-13/h4-7,12H,3,8-9,18H2,1-2H3. The van der Waals surface area contributed by atoms with Crippen molar-refractivity contribution < 1.29 is 4.39 Å². The molecule has 0 spiro atoms. The lowest BCUT2D eigenvalue weighted by Crippen LogP contribution is -2.27. The lowest BCUT2D eigenvalue weighted by atomic mass is 10.2. The number of thioether (sulfide) groups is 1. The largest absolute Gasteiger partial charge is 0.327 e. The Morgan fingerprint density at radius 1 is 1.38 bits per heavy atom. The molecule has 0 saturated heterocycles. The van der Waals surface area contributed by atoms with Gasteiger partial charge in [-0.25, -0.2) is 4.39 Å². The summed E-state index contributed by atoms with van der Waals surface area (Å²) in [5.74, 6) is 0.522. The second-order valence-corrected chi connectivity index (χ2v) is 6.36. The number of nitrogens with zero attached hydrogens (tertiary/aromatic N) is 2. The molecule has 1 atom stereocenters. The summed E-state index contributed by atoms with van der Waals surface area (Å²) in [6.45, 7) is 4.71. The molecule has 6 heteroatoms. The van der Waals surface area contributed by atoms with Crippen LogP contribution in [0.1, 0.15) is 18.3 Å². The van der Waals surface area contributed by atoms with Gasteiger partial charge in [-0.15, -0.1) is 11.8 Å². The highest BCUT2D eigenvalue weighted by molar-refractivity contribution is 7.99. The van der Waals surface area contributed by atoms with E-state index in [4.69, 9.17) is 17.3 Å². The fraction of sp³-hybridized carbons (Fsp3) is 0.400. The molecule has 0 fully saturated rings. The minimum absolute atomic E-state index is 0.0287. The highest BCUT2D eigenvalue weighted by atomic mass is 35.5. The number of rotatable bonds is 6. The second-order valence-electron chi connectivity index (χ2n) is 4.89. The van der Waals surface area contributed by atoms with Gasteiger partial charge >= 0.3 is 0 Å². The predicted molar refractivity (Wildman–Crippen MR) is 86.5 cm³/mol. The number of hydrogen-bond donors (Lipinski definition) is 1. The van der Waals surface area contributed by atoms with Crippen LogP contribution in [0.5, 0.6) is 0 Å². The molecule has 1 aromatic carbocycles. The monoisotopic (exact) mass is 327 g/mol. The average molecular weight is 328 g/mol. The third-order valence-corrected chi connectivity index (χ3v) is 4.88. The summed E-state index contributed by atoms with van der Waals surface area (Å²) in [5, 5.41) is 5.10. The van der Waals surface area contributed by atoms with Gasteiger partial charge in [0.1, 0.15) is 5.82 Å². The van der Waals surface area contributed by atoms with Crippen LogP contribution in [0.15, 0.2) is 29.2 Å². The highest BCUT2D eigenvalue weighted by Gasteiger charge is 2.15. The molecule has 3 nitrogen and oxygen atoms in total. The van der Waals surface area contributed by atoms with Crippen LogP contribution in [0.2, 0.25) is 5.02 Å². The van der Waals surface area contributed by atoms with Crippen molar-refractivity contribution in [3.63, 3.8) is 0 Å². The summed E-state index contributed by atoms with van der Waals surface area (Å²) >= 11 is 7.90. The van der Waals surface area contributed by atoms with Crippen molar-refractivity contribution in [1.29, 1.82) is 0 Å². The van der Waals surface area contributed by atoms with Gasteiger partial charge in [0.25, 0.3) is 0 Å². The summed E-state index contributed by atoms with van der Waals surface area (Å²) in [4.78, 5) is 1.01. The summed E-state index contributed by atoms with van der Waals surface area (Å²) in [7, 11) is 0. The molecule has 2 rings (SSSR count). The van der Waals surface area contributed by atoms with E-state index in [-0.39, 0.29) is 11.9 Å². The Balaban J connectivity index is 1.95. The zero-order valence-electron chi connectivity index (χ0n) is 12.1. The number of hydrogen-bond acceptors (Lipinski definition) is 3. The van der Waals surface area contributed by atoms with Gasteiger partial charge in [0.05, 0.1) is 16.4 Å². The Morgan fingerprint density at radius 2 is 2.05 bits per heavy atom. The summed E-state index contributed by atoms with van der Waals surface area (Å²) in [5.41, 5.74) is 8.02. The Morgan fingerprint density at radius 3 is 2.67 bits per heavy atom. The van der Waals surface area contributed by atoms with Gasteiger partial charge in [-0.2, -0.15) is 5.10 Å². The van der Waals surface area contributed by atoms with Crippen molar-refractivity contribution in [1.82, 2.24) is 9.78 Å². The zero-order valence-corrected chi connectivity index (χ0v) is 13.7. The van der Waals surface area contributed by atoms with Crippen LogP contribution in [0.4, 0.5) is 4.39 Å². The van der Waals surface area contributed by atoms with E-state index in [9.17, 15) is 4.39 Å². The van der Waals surface area contributed by atoms with Crippen LogP contribution in [-0.4, -0.2) is 21.6 Å². The van der Waals surface area contributed by atoms with Gasteiger partial charge < -0.3 is 5.73 Å². The molecule has 1 heterocycles. The van der Waals surface area contributed by atoms with Crippen molar-refractivity contribution in [3.8, 4) is 0 Å². The van der Waals surface area contributed by atoms with E-state index >= 15 is 0 Å². The molecule has 0 bridgehead atoms. The molecule has 0 amide bonds. The van der Waals surface area contributed by atoms with E-state index in [0.717, 1.165) is 28.6 Å². The zero-order chi connectivity index (χ0) is 15.4. The van der Waals surface area contributed by atoms with Crippen LogP contribution in [0, 0.1) is 12.7 Å². The molecule has 1 aromatic heterocycles. The molecular weight excluding hydrogens is 309 g/mol. The quantitative estimate of drug-likeness (QED) is 0.823. The number of benzene rings is 1. The molecule has 0 aliphatic heterocycles. The van der Waals surface area contributed by atoms with Crippen LogP contribution in [0.3, 0.4) is 0 Å². The fourth-order valence-corrected chi connectivity index (χ4v) is 3.17. The summed E-state index contributed by atoms with van der Waals surface area (Å²) in [6, 6.07) is 6.42. The van der Waals surface area contributed by atoms with Crippen molar-refractivity contribution in [3.05, 3.63) is 46.5 Å². The van der Waals surface area contributed by atoms with Crippen LogP contribution < -0.4 is 5.73 Å². The second kappa shape index (κ2) is 7.29. The first-order valence-electron chi connectivity index (χ1n) is 6.87. The van der Waals surface area contributed by atoms with E-state index in [1.165, 1.54) is 12.1 Å². The molecule has 0 aliphatic carbocycles. The van der Waals surface area contributed by atoms with Gasteiger partial charge in [-0.1, -0.05) is 11.6 Å². The molecular formula is C15H19ClFN3S. The van der Waals surface area contributed by atoms with Gasteiger partial charge in [0.15, 0.2) is 0 Å². The maximum absolute atomic E-state index is 12.8. The number of aryl methyl sites for hydroxylation is 2. The van der Waals surface area contributed by atoms with Gasteiger partial charge in [0.2, 0.25) is 0 Å². The Kier molecular flexibility index (Phi) is 5.67. The highest BCUT2D eigenvalue weighted by Crippen LogP contribution is 2.24. The molecule has 21 heavy (non-hydrogen) atoms. The average Bonchev–Trinajstić information content (AvgIpc) is 2.74. The van der Waals surface area contributed by atoms with E-state index in [1.807, 2.05) is 18.5 Å². The molecule has 0 aliphatic rings. The Bertz CT molecular complexity index is 598. The molecule has 114 valence electrons. The summed E-state index contributed by atoms with van der Waals surface area (Å²) in [6.07, 6.45) is 0.682. The number of halogens is 2. The number of aromatic nitrogens is 2. The first-order valence-corrected chi connectivity index (χ1v) is 8.23. The van der Waals surface area contributed by atoms with Crippen molar-refractivity contribution in [2.75, 3.05) is 5.75 Å². The minimum Gasteiger partial charge on any atom is -0.327 e. The van der Waals surface area contributed by atoms with Crippen molar-refractivity contribution >= 4 is 23.4 Å². The maximum Gasteiger partial charge on any atom is 0.123 e. The normalized spacial score (nSPS) is 12.6. The lowest BCUT2D eigenvalue weighted by Gasteiger charge is -2.13. The Labute approximate surface area is 133 Å². The molecule has 2 N–H and O–H groups in total. The molecule has 1 unspecified atom stereocenters. The van der Waals surface area contributed by atoms with Gasteiger partial charge in [0, 0.05) is 29.7 Å². The smallest absolute Gasteiger partial charge is 0.123 e. The molecule has 0 saturated carbocycles. The van der Waals surface area contributed by atoms with E-state index in [2.05, 4.69) is 5.10 Å². The first kappa shape index (κ1) is 16.3. The van der Waals surface area contributed by atoms with Crippen LogP contribution >= 0.6 is 23.4 Å². The van der Waals surface area contributed by atoms with Gasteiger partial charge in [-0.05, 0) is 38.1 Å². The Hall–Kier alpha value is -1.04. The van der Waals surface area contributed by atoms with Crippen LogP contribution in [-0.2, 0) is 13.0 Å². The maximum atomic E-state index is 12.8. The van der Waals surface area contributed by atoms with Crippen LogP contribution in [0.25, 0.3) is 0 Å². The van der Waals surface area contributed by atoms with E-state index in [1.54, 1.807) is 23.9 Å².